The monoisotopic (exact) mass is 429 g/mol. The fourth-order valence-electron chi connectivity index (χ4n) is 3.81. The van der Waals surface area contributed by atoms with Crippen LogP contribution >= 0.6 is 22.7 Å². The summed E-state index contributed by atoms with van der Waals surface area (Å²) in [4.78, 5) is 22.9. The van der Waals surface area contributed by atoms with Gasteiger partial charge in [0.2, 0.25) is 5.91 Å². The molecule has 2 aliphatic heterocycles. The van der Waals surface area contributed by atoms with Crippen molar-refractivity contribution in [3.05, 3.63) is 28.9 Å². The molecule has 29 heavy (non-hydrogen) atoms. The summed E-state index contributed by atoms with van der Waals surface area (Å²) in [6, 6.07) is 2.36. The van der Waals surface area contributed by atoms with Gasteiger partial charge in [-0.25, -0.2) is 4.98 Å². The molecular formula is C20H23N5O2S2. The molecule has 1 fully saturated rings. The van der Waals surface area contributed by atoms with Crippen molar-refractivity contribution in [3.63, 3.8) is 0 Å². The molecule has 1 amide bonds. The quantitative estimate of drug-likeness (QED) is 0.559. The molecule has 3 aromatic rings. The van der Waals surface area contributed by atoms with E-state index in [-0.39, 0.29) is 5.91 Å². The largest absolute Gasteiger partial charge is 0.380 e. The van der Waals surface area contributed by atoms with E-state index in [2.05, 4.69) is 20.9 Å². The predicted octanol–water partition coefficient (Wildman–Crippen LogP) is 2.77. The van der Waals surface area contributed by atoms with E-state index in [1.54, 1.807) is 35.1 Å². The van der Waals surface area contributed by atoms with Crippen LogP contribution in [-0.2, 0) is 22.5 Å². The van der Waals surface area contributed by atoms with Gasteiger partial charge >= 0.3 is 0 Å². The van der Waals surface area contributed by atoms with Crippen LogP contribution in [0.4, 0.5) is 5.00 Å². The minimum atomic E-state index is 0.0343. The van der Waals surface area contributed by atoms with Crippen molar-refractivity contribution in [1.82, 2.24) is 20.6 Å². The molecule has 1 unspecified atom stereocenters. The van der Waals surface area contributed by atoms with Gasteiger partial charge < -0.3 is 20.7 Å². The second kappa shape index (κ2) is 8.45. The Morgan fingerprint density at radius 2 is 2.34 bits per heavy atom. The predicted molar refractivity (Wildman–Crippen MR) is 117 cm³/mol. The van der Waals surface area contributed by atoms with E-state index in [9.17, 15) is 4.79 Å². The van der Waals surface area contributed by atoms with Crippen molar-refractivity contribution >= 4 is 43.8 Å². The number of ether oxygens (including phenoxy) is 1. The SMILES string of the molecule is O=C(CCNC1CCOC1)Nc1sc2c(c1-c1nc3cnccc3s1)CCNC2. The van der Waals surface area contributed by atoms with Gasteiger partial charge in [0, 0.05) is 48.8 Å². The molecule has 0 bridgehead atoms. The molecule has 5 heterocycles. The maximum Gasteiger partial charge on any atom is 0.226 e. The van der Waals surface area contributed by atoms with Crippen LogP contribution in [0.1, 0.15) is 23.3 Å². The molecule has 1 saturated heterocycles. The van der Waals surface area contributed by atoms with Crippen molar-refractivity contribution in [2.45, 2.75) is 31.8 Å². The van der Waals surface area contributed by atoms with Crippen LogP contribution < -0.4 is 16.0 Å². The maximum atomic E-state index is 12.6. The number of carbonyl (C=O) groups is 1. The molecule has 5 rings (SSSR count). The Hall–Kier alpha value is -1.91. The first-order valence-electron chi connectivity index (χ1n) is 9.95. The number of aromatic nitrogens is 2. The highest BCUT2D eigenvalue weighted by molar-refractivity contribution is 7.22. The smallest absolute Gasteiger partial charge is 0.226 e. The van der Waals surface area contributed by atoms with Crippen LogP contribution in [0.25, 0.3) is 20.8 Å². The Bertz CT molecular complexity index is 992. The number of carbonyl (C=O) groups excluding carboxylic acids is 1. The lowest BCUT2D eigenvalue weighted by atomic mass is 10.0. The van der Waals surface area contributed by atoms with E-state index in [1.165, 1.54) is 10.4 Å². The number of nitrogens with zero attached hydrogens (tertiary/aromatic N) is 2. The molecule has 0 aliphatic carbocycles. The lowest BCUT2D eigenvalue weighted by Crippen LogP contribution is -2.32. The van der Waals surface area contributed by atoms with Gasteiger partial charge in [-0.2, -0.15) is 0 Å². The molecule has 0 saturated carbocycles. The molecule has 3 N–H and O–H groups in total. The summed E-state index contributed by atoms with van der Waals surface area (Å²) in [7, 11) is 0. The van der Waals surface area contributed by atoms with Gasteiger partial charge in [0.25, 0.3) is 0 Å². The van der Waals surface area contributed by atoms with Gasteiger partial charge in [-0.05, 0) is 31.0 Å². The van der Waals surface area contributed by atoms with Crippen molar-refractivity contribution < 1.29 is 9.53 Å². The number of amides is 1. The van der Waals surface area contributed by atoms with E-state index in [0.717, 1.165) is 64.9 Å². The number of rotatable bonds is 6. The summed E-state index contributed by atoms with van der Waals surface area (Å²) in [5.41, 5.74) is 3.32. The zero-order valence-electron chi connectivity index (χ0n) is 16.0. The highest BCUT2D eigenvalue weighted by Crippen LogP contribution is 2.44. The summed E-state index contributed by atoms with van der Waals surface area (Å²) < 4.78 is 6.48. The van der Waals surface area contributed by atoms with Crippen LogP contribution in [0.15, 0.2) is 18.5 Å². The highest BCUT2D eigenvalue weighted by Gasteiger charge is 2.25. The molecule has 2 aliphatic rings. The number of thiophene rings is 1. The van der Waals surface area contributed by atoms with E-state index >= 15 is 0 Å². The summed E-state index contributed by atoms with van der Waals surface area (Å²) in [5, 5.41) is 11.9. The van der Waals surface area contributed by atoms with E-state index < -0.39 is 0 Å². The van der Waals surface area contributed by atoms with Gasteiger partial charge in [0.15, 0.2) is 0 Å². The second-order valence-electron chi connectivity index (χ2n) is 7.31. The number of fused-ring (bicyclic) bond motifs is 2. The first kappa shape index (κ1) is 19.1. The maximum absolute atomic E-state index is 12.6. The Balaban J connectivity index is 1.37. The second-order valence-corrected chi connectivity index (χ2v) is 9.45. The summed E-state index contributed by atoms with van der Waals surface area (Å²) in [6.45, 7) is 4.00. The molecular weight excluding hydrogens is 406 g/mol. The minimum absolute atomic E-state index is 0.0343. The lowest BCUT2D eigenvalue weighted by molar-refractivity contribution is -0.116. The zero-order chi connectivity index (χ0) is 19.6. The van der Waals surface area contributed by atoms with Crippen molar-refractivity contribution in [3.8, 4) is 10.6 Å². The number of anilines is 1. The molecule has 152 valence electrons. The van der Waals surface area contributed by atoms with Gasteiger partial charge in [-0.15, -0.1) is 22.7 Å². The Morgan fingerprint density at radius 3 is 3.21 bits per heavy atom. The first-order valence-corrected chi connectivity index (χ1v) is 11.6. The minimum Gasteiger partial charge on any atom is -0.380 e. The highest BCUT2D eigenvalue weighted by atomic mass is 32.1. The number of nitrogens with one attached hydrogen (secondary N) is 3. The Labute approximate surface area is 176 Å². The molecule has 7 nitrogen and oxygen atoms in total. The molecule has 0 radical (unpaired) electrons. The van der Waals surface area contributed by atoms with Gasteiger partial charge in [-0.3, -0.25) is 9.78 Å². The molecule has 1 atom stereocenters. The molecule has 0 aromatic carbocycles. The third-order valence-electron chi connectivity index (χ3n) is 5.30. The Morgan fingerprint density at radius 1 is 1.38 bits per heavy atom. The average Bonchev–Trinajstić information content (AvgIpc) is 3.45. The van der Waals surface area contributed by atoms with Crippen molar-refractivity contribution in [1.29, 1.82) is 0 Å². The zero-order valence-corrected chi connectivity index (χ0v) is 17.6. The van der Waals surface area contributed by atoms with Crippen LogP contribution in [0.5, 0.6) is 0 Å². The van der Waals surface area contributed by atoms with Crippen LogP contribution in [0.2, 0.25) is 0 Å². The summed E-state index contributed by atoms with van der Waals surface area (Å²) in [5.74, 6) is 0.0343. The number of pyridine rings is 1. The van der Waals surface area contributed by atoms with Crippen LogP contribution in [0, 0.1) is 0 Å². The van der Waals surface area contributed by atoms with Gasteiger partial charge in [0.1, 0.15) is 15.5 Å². The first-order chi connectivity index (χ1) is 14.3. The van der Waals surface area contributed by atoms with Crippen LogP contribution in [0.3, 0.4) is 0 Å². The third kappa shape index (κ3) is 4.06. The molecule has 3 aromatic heterocycles. The fourth-order valence-corrected chi connectivity index (χ4v) is 6.12. The molecule has 9 heteroatoms. The van der Waals surface area contributed by atoms with Crippen molar-refractivity contribution in [2.24, 2.45) is 0 Å². The summed E-state index contributed by atoms with van der Waals surface area (Å²) in [6.07, 6.45) is 6.01. The van der Waals surface area contributed by atoms with Crippen molar-refractivity contribution in [2.75, 3.05) is 31.6 Å². The standard InChI is InChI=1S/C20H23N5O2S2/c26-17(3-7-23-12-4-8-27-11-12)25-20-18(13-1-5-22-10-16(13)29-20)19-24-14-9-21-6-2-15(14)28-19/h2,6,9,12,22-23H,1,3-5,7-8,10-11H2,(H,25,26). The number of hydrogen-bond acceptors (Lipinski definition) is 8. The fraction of sp³-hybridized carbons (Fsp3) is 0.450. The van der Waals surface area contributed by atoms with Gasteiger partial charge in [0.05, 0.1) is 17.5 Å². The van der Waals surface area contributed by atoms with E-state index in [0.29, 0.717) is 19.0 Å². The normalized spacial score (nSPS) is 18.8. The number of hydrogen-bond donors (Lipinski definition) is 3. The summed E-state index contributed by atoms with van der Waals surface area (Å²) >= 11 is 3.33. The average molecular weight is 430 g/mol. The third-order valence-corrected chi connectivity index (χ3v) is 7.50. The van der Waals surface area contributed by atoms with E-state index in [1.807, 2.05) is 6.07 Å². The van der Waals surface area contributed by atoms with E-state index in [4.69, 9.17) is 9.72 Å². The van der Waals surface area contributed by atoms with Gasteiger partial charge in [-0.1, -0.05) is 0 Å². The molecule has 0 spiro atoms. The lowest BCUT2D eigenvalue weighted by Gasteiger charge is -2.13. The Kier molecular flexibility index (Phi) is 5.56. The topological polar surface area (TPSA) is 88.2 Å². The number of thiazole rings is 1. The van der Waals surface area contributed by atoms with Crippen LogP contribution in [-0.4, -0.2) is 48.2 Å².